The minimum Gasteiger partial charge on any atom is -0.478 e. The fraction of sp³-hybridized carbons (Fsp3) is 0.0769. The lowest BCUT2D eigenvalue weighted by Gasteiger charge is -2.11. The Hall–Kier alpha value is -3.92. The van der Waals surface area contributed by atoms with Gasteiger partial charge < -0.3 is 9.67 Å². The lowest BCUT2D eigenvalue weighted by molar-refractivity contribution is 0.0697. The molecule has 3 aromatic carbocycles. The first-order chi connectivity index (χ1) is 14.5. The van der Waals surface area contributed by atoms with Crippen LogP contribution in [0.3, 0.4) is 0 Å². The number of carbonyl (C=O) groups is 1. The number of nitrogens with zero attached hydrogens (tertiary/aromatic N) is 2. The molecule has 0 bridgehead atoms. The van der Waals surface area contributed by atoms with Crippen molar-refractivity contribution >= 4 is 17.9 Å². The highest BCUT2D eigenvalue weighted by Gasteiger charge is 2.10. The first-order valence-electron chi connectivity index (χ1n) is 9.75. The van der Waals surface area contributed by atoms with Gasteiger partial charge in [0.2, 0.25) is 0 Å². The Labute approximate surface area is 175 Å². The number of aryl methyl sites for hydroxylation is 1. The van der Waals surface area contributed by atoms with Crippen molar-refractivity contribution in [2.75, 3.05) is 0 Å². The Morgan fingerprint density at radius 3 is 2.13 bits per heavy atom. The van der Waals surface area contributed by atoms with Crippen molar-refractivity contribution in [2.45, 2.75) is 13.8 Å². The van der Waals surface area contributed by atoms with Gasteiger partial charge in [-0.15, -0.1) is 0 Å². The zero-order valence-corrected chi connectivity index (χ0v) is 16.9. The molecule has 0 fully saturated rings. The van der Waals surface area contributed by atoms with Crippen LogP contribution in [0.2, 0.25) is 0 Å². The number of aromatic nitrogens is 1. The molecular formula is C26H22N2O2. The normalized spacial score (nSPS) is 11.1. The Morgan fingerprint density at radius 1 is 0.867 bits per heavy atom. The third-order valence-corrected chi connectivity index (χ3v) is 5.17. The van der Waals surface area contributed by atoms with Gasteiger partial charge >= 0.3 is 5.97 Å². The van der Waals surface area contributed by atoms with E-state index in [-0.39, 0.29) is 5.56 Å². The second-order valence-corrected chi connectivity index (χ2v) is 7.19. The summed E-state index contributed by atoms with van der Waals surface area (Å²) in [6.07, 6.45) is 1.83. The molecule has 0 aliphatic heterocycles. The minimum absolute atomic E-state index is 0.256. The summed E-state index contributed by atoms with van der Waals surface area (Å²) in [4.78, 5) is 15.5. The maximum Gasteiger partial charge on any atom is 0.335 e. The van der Waals surface area contributed by atoms with Gasteiger partial charge in [0.25, 0.3) is 0 Å². The average Bonchev–Trinajstić information content (AvgIpc) is 3.06. The monoisotopic (exact) mass is 394 g/mol. The number of carboxylic acid groups (broad SMARTS) is 1. The van der Waals surface area contributed by atoms with Gasteiger partial charge in [0.15, 0.2) is 0 Å². The summed E-state index contributed by atoms with van der Waals surface area (Å²) >= 11 is 0. The fourth-order valence-electron chi connectivity index (χ4n) is 3.58. The van der Waals surface area contributed by atoms with E-state index in [1.807, 2.05) is 24.4 Å². The molecule has 30 heavy (non-hydrogen) atoms. The molecule has 1 aromatic heterocycles. The van der Waals surface area contributed by atoms with Crippen molar-refractivity contribution in [3.05, 3.63) is 107 Å². The molecule has 0 radical (unpaired) electrons. The van der Waals surface area contributed by atoms with Gasteiger partial charge in [0.1, 0.15) is 0 Å². The number of hydrogen-bond acceptors (Lipinski definition) is 2. The standard InChI is InChI=1S/C26H22N2O2/c1-18-16-23(17-27-24-12-8-22(9-13-24)26(29)30)19(2)28(18)25-14-10-21(11-15-25)20-6-4-3-5-7-20/h3-17H,1-2H3,(H,29,30). The van der Waals surface area contributed by atoms with Crippen LogP contribution >= 0.6 is 0 Å². The van der Waals surface area contributed by atoms with Gasteiger partial charge in [0.05, 0.1) is 11.3 Å². The second-order valence-electron chi connectivity index (χ2n) is 7.19. The summed E-state index contributed by atoms with van der Waals surface area (Å²) in [5.41, 5.74) is 7.73. The van der Waals surface area contributed by atoms with Crippen LogP contribution < -0.4 is 0 Å². The Morgan fingerprint density at radius 2 is 1.50 bits per heavy atom. The van der Waals surface area contributed by atoms with E-state index in [2.05, 4.69) is 65.9 Å². The van der Waals surface area contributed by atoms with Gasteiger partial charge in [-0.2, -0.15) is 0 Å². The van der Waals surface area contributed by atoms with Crippen molar-refractivity contribution in [2.24, 2.45) is 4.99 Å². The number of aromatic carboxylic acids is 1. The van der Waals surface area contributed by atoms with Crippen LogP contribution in [-0.2, 0) is 0 Å². The van der Waals surface area contributed by atoms with Crippen molar-refractivity contribution in [1.29, 1.82) is 0 Å². The Balaban J connectivity index is 1.60. The molecule has 4 rings (SSSR count). The van der Waals surface area contributed by atoms with Gasteiger partial charge in [-0.1, -0.05) is 42.5 Å². The van der Waals surface area contributed by atoms with Crippen LogP contribution in [0, 0.1) is 13.8 Å². The topological polar surface area (TPSA) is 54.6 Å². The molecule has 4 nitrogen and oxygen atoms in total. The minimum atomic E-state index is -0.938. The van der Waals surface area contributed by atoms with Gasteiger partial charge in [-0.3, -0.25) is 4.99 Å². The third-order valence-electron chi connectivity index (χ3n) is 5.17. The maximum atomic E-state index is 11.0. The van der Waals surface area contributed by atoms with E-state index in [0.717, 1.165) is 28.3 Å². The molecule has 4 aromatic rings. The molecule has 1 N–H and O–H groups in total. The van der Waals surface area contributed by atoms with Crippen LogP contribution in [-0.4, -0.2) is 21.9 Å². The van der Waals surface area contributed by atoms with E-state index in [4.69, 9.17) is 5.11 Å². The van der Waals surface area contributed by atoms with Crippen molar-refractivity contribution < 1.29 is 9.90 Å². The van der Waals surface area contributed by atoms with Crippen molar-refractivity contribution in [3.63, 3.8) is 0 Å². The first kappa shape index (κ1) is 19.4. The van der Waals surface area contributed by atoms with Crippen LogP contribution in [0.1, 0.15) is 27.3 Å². The molecule has 148 valence electrons. The molecule has 0 aliphatic carbocycles. The number of hydrogen-bond donors (Lipinski definition) is 1. The zero-order chi connectivity index (χ0) is 21.1. The van der Waals surface area contributed by atoms with Crippen molar-refractivity contribution in [1.82, 2.24) is 4.57 Å². The average molecular weight is 394 g/mol. The molecule has 4 heteroatoms. The number of rotatable bonds is 5. The second kappa shape index (κ2) is 8.21. The maximum absolute atomic E-state index is 11.0. The third kappa shape index (κ3) is 3.94. The summed E-state index contributed by atoms with van der Waals surface area (Å²) in [5, 5.41) is 9.00. The molecule has 0 spiro atoms. The number of carboxylic acids is 1. The van der Waals surface area contributed by atoms with Crippen LogP contribution in [0.4, 0.5) is 5.69 Å². The highest BCUT2D eigenvalue weighted by molar-refractivity contribution is 5.88. The van der Waals surface area contributed by atoms with Crippen LogP contribution in [0.15, 0.2) is 89.9 Å². The van der Waals surface area contributed by atoms with Crippen molar-refractivity contribution in [3.8, 4) is 16.8 Å². The first-order valence-corrected chi connectivity index (χ1v) is 9.75. The van der Waals surface area contributed by atoms with Gasteiger partial charge in [-0.05, 0) is 67.4 Å². The van der Waals surface area contributed by atoms with Gasteiger partial charge in [-0.25, -0.2) is 4.79 Å². The largest absolute Gasteiger partial charge is 0.478 e. The van der Waals surface area contributed by atoms with Crippen LogP contribution in [0.5, 0.6) is 0 Å². The smallest absolute Gasteiger partial charge is 0.335 e. The Bertz CT molecular complexity index is 1200. The molecule has 0 saturated carbocycles. The fourth-order valence-corrected chi connectivity index (χ4v) is 3.58. The molecule has 0 atom stereocenters. The summed E-state index contributed by atoms with van der Waals surface area (Å²) < 4.78 is 2.21. The molecule has 0 aliphatic rings. The number of benzene rings is 3. The van der Waals surface area contributed by atoms with Crippen LogP contribution in [0.25, 0.3) is 16.8 Å². The quantitative estimate of drug-likeness (QED) is 0.409. The highest BCUT2D eigenvalue weighted by atomic mass is 16.4. The van der Waals surface area contributed by atoms with E-state index in [9.17, 15) is 4.79 Å². The summed E-state index contributed by atoms with van der Waals surface area (Å²) in [6, 6.07) is 27.5. The highest BCUT2D eigenvalue weighted by Crippen LogP contribution is 2.24. The SMILES string of the molecule is Cc1cc(C=Nc2ccc(C(=O)O)cc2)c(C)n1-c1ccc(-c2ccccc2)cc1. The Kier molecular flexibility index (Phi) is 5.31. The summed E-state index contributed by atoms with van der Waals surface area (Å²) in [7, 11) is 0. The zero-order valence-electron chi connectivity index (χ0n) is 16.9. The lowest BCUT2D eigenvalue weighted by atomic mass is 10.1. The predicted octanol–water partition coefficient (Wildman–Crippen LogP) is 6.21. The summed E-state index contributed by atoms with van der Waals surface area (Å²) in [5.74, 6) is -0.938. The van der Waals surface area contributed by atoms with E-state index in [1.54, 1.807) is 24.3 Å². The van der Waals surface area contributed by atoms with Gasteiger partial charge in [0, 0.05) is 28.9 Å². The predicted molar refractivity (Wildman–Crippen MR) is 121 cm³/mol. The molecular weight excluding hydrogens is 372 g/mol. The molecule has 0 saturated heterocycles. The molecule has 0 unspecified atom stereocenters. The molecule has 0 amide bonds. The van der Waals surface area contributed by atoms with E-state index >= 15 is 0 Å². The lowest BCUT2D eigenvalue weighted by Crippen LogP contribution is -1.99. The summed E-state index contributed by atoms with van der Waals surface area (Å²) in [6.45, 7) is 4.16. The van der Waals surface area contributed by atoms with E-state index < -0.39 is 5.97 Å². The number of aliphatic imine (C=N–C) groups is 1. The molecule has 1 heterocycles. The van der Waals surface area contributed by atoms with E-state index in [1.165, 1.54) is 11.1 Å². The van der Waals surface area contributed by atoms with E-state index in [0.29, 0.717) is 0 Å².